The van der Waals surface area contributed by atoms with E-state index in [9.17, 15) is 0 Å². The summed E-state index contributed by atoms with van der Waals surface area (Å²) in [5.74, 6) is 1.70. The first-order valence-corrected chi connectivity index (χ1v) is 7.38. The second kappa shape index (κ2) is 5.74. The van der Waals surface area contributed by atoms with Crippen molar-refractivity contribution in [2.45, 2.75) is 45.1 Å². The van der Waals surface area contributed by atoms with Crippen molar-refractivity contribution in [1.82, 2.24) is 10.3 Å². The van der Waals surface area contributed by atoms with Crippen LogP contribution in [0.15, 0.2) is 22.6 Å². The van der Waals surface area contributed by atoms with Crippen LogP contribution in [0, 0.1) is 5.92 Å². The first-order chi connectivity index (χ1) is 9.35. The van der Waals surface area contributed by atoms with Crippen molar-refractivity contribution in [3.8, 4) is 0 Å². The van der Waals surface area contributed by atoms with E-state index >= 15 is 0 Å². The van der Waals surface area contributed by atoms with E-state index < -0.39 is 0 Å². The maximum atomic E-state index is 5.92. The summed E-state index contributed by atoms with van der Waals surface area (Å²) in [5.41, 5.74) is 3.17. The molecule has 0 spiro atoms. The molecule has 1 aliphatic carbocycles. The zero-order chi connectivity index (χ0) is 13.1. The number of fused-ring (bicyclic) bond motifs is 1. The summed E-state index contributed by atoms with van der Waals surface area (Å²) in [4.78, 5) is 4.62. The number of aromatic nitrogens is 1. The van der Waals surface area contributed by atoms with E-state index in [1.54, 1.807) is 0 Å². The highest BCUT2D eigenvalue weighted by Gasteiger charge is 2.17. The Morgan fingerprint density at radius 2 is 2.11 bits per heavy atom. The lowest BCUT2D eigenvalue weighted by Crippen LogP contribution is -2.09. The predicted molar refractivity (Wildman–Crippen MR) is 77.1 cm³/mol. The summed E-state index contributed by atoms with van der Waals surface area (Å²) in [6.07, 6.45) is 7.83. The van der Waals surface area contributed by atoms with E-state index in [2.05, 4.69) is 28.5 Å². The Bertz CT molecular complexity index is 541. The number of nitrogens with zero attached hydrogens (tertiary/aromatic N) is 1. The molecule has 0 saturated heterocycles. The molecule has 2 aromatic rings. The third-order valence-electron chi connectivity index (χ3n) is 4.07. The lowest BCUT2D eigenvalue weighted by molar-refractivity contribution is 0.332. The highest BCUT2D eigenvalue weighted by atomic mass is 16.3. The van der Waals surface area contributed by atoms with E-state index in [0.717, 1.165) is 35.9 Å². The molecule has 0 amide bonds. The Kier molecular flexibility index (Phi) is 3.83. The molecule has 0 unspecified atom stereocenters. The minimum absolute atomic E-state index is 0.776. The molecular formula is C16H22N2O. The highest BCUT2D eigenvalue weighted by Crippen LogP contribution is 2.28. The highest BCUT2D eigenvalue weighted by molar-refractivity contribution is 5.73. The van der Waals surface area contributed by atoms with Crippen LogP contribution in [-0.4, -0.2) is 12.0 Å². The van der Waals surface area contributed by atoms with Crippen molar-refractivity contribution in [2.75, 3.05) is 7.05 Å². The first-order valence-electron chi connectivity index (χ1n) is 7.38. The minimum Gasteiger partial charge on any atom is -0.441 e. The zero-order valence-electron chi connectivity index (χ0n) is 11.6. The Morgan fingerprint density at radius 1 is 1.26 bits per heavy atom. The molecule has 1 aromatic carbocycles. The molecule has 3 heteroatoms. The predicted octanol–water partition coefficient (Wildman–Crippen LogP) is 3.67. The SMILES string of the molecule is CNCc1ccc2nc(CC3CCCCC3)oc2c1. The molecule has 0 atom stereocenters. The Hall–Kier alpha value is -1.35. The van der Waals surface area contributed by atoms with E-state index in [-0.39, 0.29) is 0 Å². The standard InChI is InChI=1S/C16H22N2O/c1-17-11-13-7-8-14-15(9-13)19-16(18-14)10-12-5-3-2-4-6-12/h7-9,12,17H,2-6,10-11H2,1H3. The van der Waals surface area contributed by atoms with Gasteiger partial charge in [0.25, 0.3) is 0 Å². The van der Waals surface area contributed by atoms with Crippen molar-refractivity contribution >= 4 is 11.1 Å². The van der Waals surface area contributed by atoms with Gasteiger partial charge in [0.05, 0.1) is 0 Å². The molecule has 0 bridgehead atoms. The lowest BCUT2D eigenvalue weighted by Gasteiger charge is -2.19. The Morgan fingerprint density at radius 3 is 2.89 bits per heavy atom. The average Bonchev–Trinajstić information content (AvgIpc) is 2.82. The van der Waals surface area contributed by atoms with Gasteiger partial charge < -0.3 is 9.73 Å². The molecular weight excluding hydrogens is 236 g/mol. The molecule has 1 heterocycles. The van der Waals surface area contributed by atoms with Crippen molar-refractivity contribution < 1.29 is 4.42 Å². The molecule has 1 N–H and O–H groups in total. The fourth-order valence-electron chi connectivity index (χ4n) is 3.06. The minimum atomic E-state index is 0.776. The molecule has 19 heavy (non-hydrogen) atoms. The molecule has 3 rings (SSSR count). The number of oxazole rings is 1. The summed E-state index contributed by atoms with van der Waals surface area (Å²) in [7, 11) is 1.96. The topological polar surface area (TPSA) is 38.1 Å². The maximum Gasteiger partial charge on any atom is 0.195 e. The maximum absolute atomic E-state index is 5.92. The molecule has 0 aliphatic heterocycles. The zero-order valence-corrected chi connectivity index (χ0v) is 11.6. The second-order valence-electron chi connectivity index (χ2n) is 5.65. The van der Waals surface area contributed by atoms with Gasteiger partial charge in [-0.15, -0.1) is 0 Å². The Labute approximate surface area is 114 Å². The van der Waals surface area contributed by atoms with E-state index in [1.807, 2.05) is 7.05 Å². The van der Waals surface area contributed by atoms with Crippen molar-refractivity contribution in [2.24, 2.45) is 5.92 Å². The monoisotopic (exact) mass is 258 g/mol. The van der Waals surface area contributed by atoms with Gasteiger partial charge in [-0.05, 0) is 43.5 Å². The van der Waals surface area contributed by atoms with E-state index in [4.69, 9.17) is 4.42 Å². The number of hydrogen-bond acceptors (Lipinski definition) is 3. The van der Waals surface area contributed by atoms with Gasteiger partial charge in [0.2, 0.25) is 0 Å². The number of benzene rings is 1. The van der Waals surface area contributed by atoms with E-state index in [0.29, 0.717) is 0 Å². The molecule has 102 valence electrons. The largest absolute Gasteiger partial charge is 0.441 e. The van der Waals surface area contributed by atoms with Crippen LogP contribution in [-0.2, 0) is 13.0 Å². The average molecular weight is 258 g/mol. The molecule has 0 radical (unpaired) electrons. The summed E-state index contributed by atoms with van der Waals surface area (Å²) in [6.45, 7) is 0.870. The van der Waals surface area contributed by atoms with Crippen LogP contribution < -0.4 is 5.32 Å². The summed E-state index contributed by atoms with van der Waals surface area (Å²) >= 11 is 0. The van der Waals surface area contributed by atoms with Crippen molar-refractivity contribution in [3.05, 3.63) is 29.7 Å². The van der Waals surface area contributed by atoms with E-state index in [1.165, 1.54) is 37.7 Å². The third kappa shape index (κ3) is 2.98. The van der Waals surface area contributed by atoms with Crippen LogP contribution in [0.5, 0.6) is 0 Å². The smallest absolute Gasteiger partial charge is 0.195 e. The van der Waals surface area contributed by atoms with Gasteiger partial charge >= 0.3 is 0 Å². The fourth-order valence-corrected chi connectivity index (χ4v) is 3.06. The molecule has 3 nitrogen and oxygen atoms in total. The summed E-state index contributed by atoms with van der Waals surface area (Å²) < 4.78 is 5.92. The first kappa shape index (κ1) is 12.7. The molecule has 1 saturated carbocycles. The fraction of sp³-hybridized carbons (Fsp3) is 0.562. The van der Waals surface area contributed by atoms with Gasteiger partial charge in [0.1, 0.15) is 5.52 Å². The number of nitrogens with one attached hydrogen (secondary N) is 1. The van der Waals surface area contributed by atoms with Gasteiger partial charge in [-0.2, -0.15) is 0 Å². The third-order valence-corrected chi connectivity index (χ3v) is 4.07. The van der Waals surface area contributed by atoms with Crippen molar-refractivity contribution in [1.29, 1.82) is 0 Å². The lowest BCUT2D eigenvalue weighted by atomic mass is 9.87. The van der Waals surface area contributed by atoms with Crippen LogP contribution >= 0.6 is 0 Å². The normalized spacial score (nSPS) is 17.1. The van der Waals surface area contributed by atoms with Gasteiger partial charge in [0, 0.05) is 13.0 Å². The second-order valence-corrected chi connectivity index (χ2v) is 5.65. The van der Waals surface area contributed by atoms with Crippen LogP contribution in [0.25, 0.3) is 11.1 Å². The van der Waals surface area contributed by atoms with Crippen LogP contribution in [0.1, 0.15) is 43.6 Å². The van der Waals surface area contributed by atoms with Gasteiger partial charge in [-0.1, -0.05) is 25.3 Å². The number of rotatable bonds is 4. The van der Waals surface area contributed by atoms with Crippen LogP contribution in [0.2, 0.25) is 0 Å². The summed E-state index contributed by atoms with van der Waals surface area (Å²) in [5, 5.41) is 3.16. The van der Waals surface area contributed by atoms with Gasteiger partial charge in [0.15, 0.2) is 11.5 Å². The van der Waals surface area contributed by atoms with Crippen LogP contribution in [0.3, 0.4) is 0 Å². The number of hydrogen-bond donors (Lipinski definition) is 1. The summed E-state index contributed by atoms with van der Waals surface area (Å²) in [6, 6.07) is 6.28. The quantitative estimate of drug-likeness (QED) is 0.909. The Balaban J connectivity index is 1.76. The van der Waals surface area contributed by atoms with Gasteiger partial charge in [-0.3, -0.25) is 0 Å². The molecule has 1 aromatic heterocycles. The van der Waals surface area contributed by atoms with Gasteiger partial charge in [-0.25, -0.2) is 4.98 Å². The van der Waals surface area contributed by atoms with Crippen LogP contribution in [0.4, 0.5) is 0 Å². The van der Waals surface area contributed by atoms with Crippen molar-refractivity contribution in [3.63, 3.8) is 0 Å². The molecule has 1 fully saturated rings. The molecule has 1 aliphatic rings.